The van der Waals surface area contributed by atoms with Gasteiger partial charge in [-0.25, -0.2) is 4.68 Å². The number of tetrazole rings is 1. The number of halogens is 1. The van der Waals surface area contributed by atoms with Crippen molar-refractivity contribution < 1.29 is 4.79 Å². The number of hydrogen-bond acceptors (Lipinski definition) is 6. The lowest BCUT2D eigenvalue weighted by Crippen LogP contribution is -2.15. The average molecular weight is 436 g/mol. The van der Waals surface area contributed by atoms with E-state index in [1.54, 1.807) is 16.4 Å². The summed E-state index contributed by atoms with van der Waals surface area (Å²) in [4.78, 5) is 12.4. The number of carbonyl (C=O) groups is 1. The second-order valence-electron chi connectivity index (χ2n) is 5.67. The number of rotatable bonds is 6. The molecule has 0 radical (unpaired) electrons. The van der Waals surface area contributed by atoms with E-state index in [0.29, 0.717) is 23.1 Å². The van der Waals surface area contributed by atoms with Crippen molar-refractivity contribution >= 4 is 39.4 Å². The second kappa shape index (κ2) is 8.00. The van der Waals surface area contributed by atoms with Crippen LogP contribution >= 0.6 is 27.7 Å². The van der Waals surface area contributed by atoms with Crippen LogP contribution < -0.4 is 5.32 Å². The van der Waals surface area contributed by atoms with Gasteiger partial charge in [-0.15, -0.1) is 5.10 Å². The van der Waals surface area contributed by atoms with Gasteiger partial charge in [-0.1, -0.05) is 39.8 Å². The van der Waals surface area contributed by atoms with Crippen molar-refractivity contribution in [1.82, 2.24) is 30.0 Å². The number of nitrogens with zero attached hydrogens (tertiary/aromatic N) is 6. The molecule has 1 aromatic carbocycles. The van der Waals surface area contributed by atoms with E-state index in [1.807, 2.05) is 38.2 Å². The molecule has 8 nitrogen and oxygen atoms in total. The van der Waals surface area contributed by atoms with Crippen LogP contribution in [0.2, 0.25) is 0 Å². The highest BCUT2D eigenvalue weighted by atomic mass is 79.9. The fourth-order valence-electron chi connectivity index (χ4n) is 2.54. The zero-order chi connectivity index (χ0) is 18.7. The number of aromatic nitrogens is 6. The van der Waals surface area contributed by atoms with Crippen LogP contribution in [0.25, 0.3) is 11.1 Å². The minimum Gasteiger partial charge on any atom is -0.310 e. The molecule has 0 atom stereocenters. The minimum atomic E-state index is -0.0750. The van der Waals surface area contributed by atoms with Crippen LogP contribution in [0.4, 0.5) is 5.82 Å². The highest BCUT2D eigenvalue weighted by Crippen LogP contribution is 2.32. The maximum Gasteiger partial charge on any atom is 0.226 e. The number of aryl methyl sites for hydroxylation is 3. The molecule has 2 heterocycles. The summed E-state index contributed by atoms with van der Waals surface area (Å²) >= 11 is 4.88. The fraction of sp³-hybridized carbons (Fsp3) is 0.312. The van der Waals surface area contributed by atoms with Crippen LogP contribution in [0.15, 0.2) is 33.9 Å². The van der Waals surface area contributed by atoms with Gasteiger partial charge >= 0.3 is 0 Å². The zero-order valence-corrected chi connectivity index (χ0v) is 17.0. The summed E-state index contributed by atoms with van der Waals surface area (Å²) in [6.45, 7) is 1.93. The lowest BCUT2D eigenvalue weighted by molar-refractivity contribution is -0.115. The number of carbonyl (C=O) groups excluding carboxylic acids is 1. The number of amides is 1. The topological polar surface area (TPSA) is 90.5 Å². The van der Waals surface area contributed by atoms with Gasteiger partial charge in [0.25, 0.3) is 0 Å². The third kappa shape index (κ3) is 4.13. The molecular formula is C16H18BrN7OS. The molecule has 136 valence electrons. The SMILES string of the molecule is Cc1nn(C)c(NC(=O)CCSc2nnnn2C)c1-c1ccc(Br)cc1. The smallest absolute Gasteiger partial charge is 0.226 e. The molecule has 0 fully saturated rings. The van der Waals surface area contributed by atoms with Gasteiger partial charge in [0.1, 0.15) is 5.82 Å². The lowest BCUT2D eigenvalue weighted by Gasteiger charge is -2.09. The monoisotopic (exact) mass is 435 g/mol. The summed E-state index contributed by atoms with van der Waals surface area (Å²) in [6, 6.07) is 7.94. The first-order chi connectivity index (χ1) is 12.5. The van der Waals surface area contributed by atoms with E-state index >= 15 is 0 Å². The minimum absolute atomic E-state index is 0.0750. The maximum absolute atomic E-state index is 12.4. The van der Waals surface area contributed by atoms with Crippen molar-refractivity contribution in [2.75, 3.05) is 11.1 Å². The molecule has 3 aromatic rings. The molecule has 0 aliphatic carbocycles. The van der Waals surface area contributed by atoms with Crippen LogP contribution in [0.1, 0.15) is 12.1 Å². The van der Waals surface area contributed by atoms with Crippen LogP contribution in [-0.2, 0) is 18.9 Å². The van der Waals surface area contributed by atoms with E-state index in [1.165, 1.54) is 11.8 Å². The molecule has 1 N–H and O–H groups in total. The van der Waals surface area contributed by atoms with E-state index in [9.17, 15) is 4.79 Å². The third-order valence-corrected chi connectivity index (χ3v) is 5.30. The Morgan fingerprint density at radius 3 is 2.62 bits per heavy atom. The van der Waals surface area contributed by atoms with Gasteiger partial charge in [0.2, 0.25) is 11.1 Å². The number of hydrogen-bond donors (Lipinski definition) is 1. The first-order valence-corrected chi connectivity index (χ1v) is 9.68. The van der Waals surface area contributed by atoms with Gasteiger partial charge < -0.3 is 5.32 Å². The van der Waals surface area contributed by atoms with E-state index < -0.39 is 0 Å². The Labute approximate surface area is 163 Å². The Morgan fingerprint density at radius 1 is 1.23 bits per heavy atom. The Kier molecular flexibility index (Phi) is 5.72. The summed E-state index contributed by atoms with van der Waals surface area (Å²) in [5.74, 6) is 1.21. The molecular weight excluding hydrogens is 418 g/mol. The Morgan fingerprint density at radius 2 is 1.96 bits per heavy atom. The van der Waals surface area contributed by atoms with Crippen LogP contribution in [0, 0.1) is 6.92 Å². The predicted molar refractivity (Wildman–Crippen MR) is 104 cm³/mol. The molecule has 26 heavy (non-hydrogen) atoms. The van der Waals surface area contributed by atoms with Crippen molar-refractivity contribution in [2.24, 2.45) is 14.1 Å². The maximum atomic E-state index is 12.4. The average Bonchev–Trinajstić information content (AvgIpc) is 3.12. The van der Waals surface area contributed by atoms with Gasteiger partial charge in [-0.3, -0.25) is 9.48 Å². The van der Waals surface area contributed by atoms with Crippen LogP contribution in [-0.4, -0.2) is 41.6 Å². The lowest BCUT2D eigenvalue weighted by atomic mass is 10.1. The van der Waals surface area contributed by atoms with Gasteiger partial charge in [0, 0.05) is 36.3 Å². The molecule has 3 rings (SSSR count). The molecule has 1 amide bonds. The van der Waals surface area contributed by atoms with E-state index in [-0.39, 0.29) is 5.91 Å². The molecule has 0 aliphatic heterocycles. The summed E-state index contributed by atoms with van der Waals surface area (Å²) in [6.07, 6.45) is 0.349. The van der Waals surface area contributed by atoms with Crippen molar-refractivity contribution in [2.45, 2.75) is 18.5 Å². The van der Waals surface area contributed by atoms with Gasteiger partial charge in [-0.2, -0.15) is 5.10 Å². The van der Waals surface area contributed by atoms with Gasteiger partial charge in [0.15, 0.2) is 0 Å². The van der Waals surface area contributed by atoms with Crippen molar-refractivity contribution in [3.63, 3.8) is 0 Å². The second-order valence-corrected chi connectivity index (χ2v) is 7.65. The van der Waals surface area contributed by atoms with Crippen LogP contribution in [0.3, 0.4) is 0 Å². The molecule has 0 spiro atoms. The number of anilines is 1. The van der Waals surface area contributed by atoms with Crippen LogP contribution in [0.5, 0.6) is 0 Å². The van der Waals surface area contributed by atoms with Crippen molar-refractivity contribution in [1.29, 1.82) is 0 Å². The molecule has 0 bridgehead atoms. The summed E-state index contributed by atoms with van der Waals surface area (Å²) in [5.41, 5.74) is 2.80. The van der Waals surface area contributed by atoms with Crippen molar-refractivity contribution in [3.8, 4) is 11.1 Å². The van der Waals surface area contributed by atoms with Crippen molar-refractivity contribution in [3.05, 3.63) is 34.4 Å². The standard InChI is InChI=1S/C16H18BrN7OS/c1-10-14(11-4-6-12(17)7-5-11)15(23(2)20-10)18-13(25)8-9-26-16-19-21-22-24(16)3/h4-7H,8-9H2,1-3H3,(H,18,25). The summed E-state index contributed by atoms with van der Waals surface area (Å²) < 4.78 is 4.28. The Bertz CT molecular complexity index is 919. The normalized spacial score (nSPS) is 10.9. The predicted octanol–water partition coefficient (Wildman–Crippen LogP) is 2.80. The zero-order valence-electron chi connectivity index (χ0n) is 14.6. The quantitative estimate of drug-likeness (QED) is 0.598. The van der Waals surface area contributed by atoms with Gasteiger partial charge in [-0.05, 0) is 35.0 Å². The molecule has 0 aliphatic rings. The molecule has 0 unspecified atom stereocenters. The number of benzene rings is 1. The highest BCUT2D eigenvalue weighted by Gasteiger charge is 2.17. The summed E-state index contributed by atoms with van der Waals surface area (Å²) in [5, 5.41) is 19.4. The van der Waals surface area contributed by atoms with E-state index in [2.05, 4.69) is 41.9 Å². The molecule has 2 aromatic heterocycles. The Balaban J connectivity index is 1.70. The van der Waals surface area contributed by atoms with E-state index in [0.717, 1.165) is 21.3 Å². The fourth-order valence-corrected chi connectivity index (χ4v) is 3.59. The third-order valence-electron chi connectivity index (χ3n) is 3.75. The molecule has 0 saturated heterocycles. The van der Waals surface area contributed by atoms with Gasteiger partial charge in [0.05, 0.1) is 5.69 Å². The molecule has 10 heteroatoms. The highest BCUT2D eigenvalue weighted by molar-refractivity contribution is 9.10. The molecule has 0 saturated carbocycles. The first-order valence-electron chi connectivity index (χ1n) is 7.90. The number of thioether (sulfide) groups is 1. The first kappa shape index (κ1) is 18.6. The van der Waals surface area contributed by atoms with E-state index in [4.69, 9.17) is 0 Å². The largest absolute Gasteiger partial charge is 0.310 e. The Hall–Kier alpha value is -2.20. The number of nitrogens with one attached hydrogen (secondary N) is 1. The summed E-state index contributed by atoms with van der Waals surface area (Å²) in [7, 11) is 3.59.